The smallest absolute Gasteiger partial charge is 0.0369 e. The largest absolute Gasteiger partial charge is 0.383 e. The molecule has 20 heavy (non-hydrogen) atoms. The molecule has 2 nitrogen and oxygen atoms in total. The summed E-state index contributed by atoms with van der Waals surface area (Å²) in [5.41, 5.74) is 3.75. The molecular weight excluding hydrogens is 312 g/mol. The van der Waals surface area contributed by atoms with Gasteiger partial charge in [0.15, 0.2) is 0 Å². The van der Waals surface area contributed by atoms with Crippen molar-refractivity contribution in [3.63, 3.8) is 0 Å². The average molecular weight is 333 g/mol. The summed E-state index contributed by atoms with van der Waals surface area (Å²) < 4.78 is 1.11. The molecule has 106 valence electrons. The van der Waals surface area contributed by atoms with Crippen LogP contribution in [0.25, 0.3) is 0 Å². The van der Waals surface area contributed by atoms with Gasteiger partial charge in [0.05, 0.1) is 0 Å². The van der Waals surface area contributed by atoms with Gasteiger partial charge in [0, 0.05) is 35.5 Å². The zero-order valence-electron chi connectivity index (χ0n) is 12.1. The van der Waals surface area contributed by atoms with Crippen LogP contribution in [0.2, 0.25) is 0 Å². The van der Waals surface area contributed by atoms with Crippen LogP contribution in [0.3, 0.4) is 0 Å². The van der Waals surface area contributed by atoms with Gasteiger partial charge in [-0.05, 0) is 49.7 Å². The highest BCUT2D eigenvalue weighted by molar-refractivity contribution is 9.10. The molecule has 0 radical (unpaired) electrons. The van der Waals surface area contributed by atoms with Crippen molar-refractivity contribution in [2.24, 2.45) is 0 Å². The Hall–Kier alpha value is -1.48. The Morgan fingerprint density at radius 2 is 1.90 bits per heavy atom. The standard InChI is InChI=1S/C17H21BrN2/c1-3-20(17-9-4-6-14(2)12-17)11-10-19-16-8-5-7-15(18)13-16/h4-9,12-13,19H,3,10-11H2,1-2H3. The quantitative estimate of drug-likeness (QED) is 0.825. The van der Waals surface area contributed by atoms with E-state index in [-0.39, 0.29) is 0 Å². The number of hydrogen-bond donors (Lipinski definition) is 1. The summed E-state index contributed by atoms with van der Waals surface area (Å²) in [7, 11) is 0. The average Bonchev–Trinajstić information content (AvgIpc) is 2.44. The first-order chi connectivity index (χ1) is 9.69. The summed E-state index contributed by atoms with van der Waals surface area (Å²) >= 11 is 3.49. The molecule has 1 N–H and O–H groups in total. The molecule has 0 spiro atoms. The lowest BCUT2D eigenvalue weighted by Crippen LogP contribution is -2.28. The lowest BCUT2D eigenvalue weighted by atomic mass is 10.2. The van der Waals surface area contributed by atoms with Gasteiger partial charge < -0.3 is 10.2 Å². The molecule has 0 aromatic heterocycles. The number of halogens is 1. The molecule has 0 saturated carbocycles. The Balaban J connectivity index is 1.91. The second-order valence-electron chi connectivity index (χ2n) is 4.86. The highest BCUT2D eigenvalue weighted by Crippen LogP contribution is 2.17. The molecule has 0 aliphatic heterocycles. The van der Waals surface area contributed by atoms with E-state index in [0.29, 0.717) is 0 Å². The van der Waals surface area contributed by atoms with E-state index in [1.165, 1.54) is 11.3 Å². The number of nitrogens with zero attached hydrogens (tertiary/aromatic N) is 1. The first kappa shape index (κ1) is 14.9. The molecule has 0 aliphatic carbocycles. The van der Waals surface area contributed by atoms with Crippen LogP contribution in [0.15, 0.2) is 53.0 Å². The fourth-order valence-corrected chi connectivity index (χ4v) is 2.63. The van der Waals surface area contributed by atoms with Crippen LogP contribution in [0.5, 0.6) is 0 Å². The number of anilines is 2. The van der Waals surface area contributed by atoms with Crippen LogP contribution in [0.4, 0.5) is 11.4 Å². The third-order valence-corrected chi connectivity index (χ3v) is 3.78. The van der Waals surface area contributed by atoms with Crippen LogP contribution in [0.1, 0.15) is 12.5 Å². The lowest BCUT2D eigenvalue weighted by Gasteiger charge is -2.24. The minimum atomic E-state index is 0.929. The topological polar surface area (TPSA) is 15.3 Å². The van der Waals surface area contributed by atoms with Crippen molar-refractivity contribution < 1.29 is 0 Å². The predicted octanol–water partition coefficient (Wildman–Crippen LogP) is 4.70. The van der Waals surface area contributed by atoms with Crippen molar-refractivity contribution in [2.75, 3.05) is 29.9 Å². The third-order valence-electron chi connectivity index (χ3n) is 3.28. The van der Waals surface area contributed by atoms with Gasteiger partial charge in [-0.2, -0.15) is 0 Å². The van der Waals surface area contributed by atoms with Gasteiger partial charge in [0.1, 0.15) is 0 Å². The maximum atomic E-state index is 3.49. The summed E-state index contributed by atoms with van der Waals surface area (Å²) in [5.74, 6) is 0. The summed E-state index contributed by atoms with van der Waals surface area (Å²) in [6, 6.07) is 16.9. The normalized spacial score (nSPS) is 10.3. The highest BCUT2D eigenvalue weighted by Gasteiger charge is 2.03. The van der Waals surface area contributed by atoms with Crippen molar-refractivity contribution >= 4 is 27.3 Å². The lowest BCUT2D eigenvalue weighted by molar-refractivity contribution is 0.835. The van der Waals surface area contributed by atoms with Crippen LogP contribution < -0.4 is 10.2 Å². The van der Waals surface area contributed by atoms with Crippen molar-refractivity contribution in [2.45, 2.75) is 13.8 Å². The minimum Gasteiger partial charge on any atom is -0.383 e. The monoisotopic (exact) mass is 332 g/mol. The van der Waals surface area contributed by atoms with Crippen molar-refractivity contribution in [1.29, 1.82) is 0 Å². The van der Waals surface area contributed by atoms with Gasteiger partial charge in [0.2, 0.25) is 0 Å². The highest BCUT2D eigenvalue weighted by atomic mass is 79.9. The number of hydrogen-bond acceptors (Lipinski definition) is 2. The Labute approximate surface area is 129 Å². The molecule has 0 heterocycles. The Bertz CT molecular complexity index is 554. The number of rotatable bonds is 6. The molecule has 0 unspecified atom stereocenters. The molecule has 0 atom stereocenters. The van der Waals surface area contributed by atoms with Crippen LogP contribution in [-0.4, -0.2) is 19.6 Å². The number of nitrogens with one attached hydrogen (secondary N) is 1. The zero-order chi connectivity index (χ0) is 14.4. The summed E-state index contributed by atoms with van der Waals surface area (Å²) in [5, 5.41) is 3.46. The first-order valence-corrected chi connectivity index (χ1v) is 7.79. The Morgan fingerprint density at radius 3 is 2.60 bits per heavy atom. The molecule has 3 heteroatoms. The van der Waals surface area contributed by atoms with E-state index in [1.807, 2.05) is 12.1 Å². The van der Waals surface area contributed by atoms with E-state index in [9.17, 15) is 0 Å². The molecular formula is C17H21BrN2. The maximum absolute atomic E-state index is 3.49. The van der Waals surface area contributed by atoms with Gasteiger partial charge in [-0.15, -0.1) is 0 Å². The Kier molecular flexibility index (Phi) is 5.48. The van der Waals surface area contributed by atoms with Crippen molar-refractivity contribution in [3.8, 4) is 0 Å². The van der Waals surface area contributed by atoms with Gasteiger partial charge in [-0.25, -0.2) is 0 Å². The van der Waals surface area contributed by atoms with E-state index in [0.717, 1.165) is 29.8 Å². The third kappa shape index (κ3) is 4.27. The van der Waals surface area contributed by atoms with E-state index in [4.69, 9.17) is 0 Å². The maximum Gasteiger partial charge on any atom is 0.0369 e. The van der Waals surface area contributed by atoms with Crippen LogP contribution >= 0.6 is 15.9 Å². The van der Waals surface area contributed by atoms with E-state index >= 15 is 0 Å². The van der Waals surface area contributed by atoms with Gasteiger partial charge in [-0.1, -0.05) is 34.1 Å². The van der Waals surface area contributed by atoms with Gasteiger partial charge in [0.25, 0.3) is 0 Å². The summed E-state index contributed by atoms with van der Waals surface area (Å²) in [6.07, 6.45) is 0. The molecule has 0 aliphatic rings. The number of aryl methyl sites for hydroxylation is 1. The molecule has 0 bridgehead atoms. The summed E-state index contributed by atoms with van der Waals surface area (Å²) in [4.78, 5) is 2.39. The molecule has 0 fully saturated rings. The van der Waals surface area contributed by atoms with Crippen molar-refractivity contribution in [3.05, 3.63) is 58.6 Å². The van der Waals surface area contributed by atoms with E-state index in [2.05, 4.69) is 76.4 Å². The molecule has 2 rings (SSSR count). The second-order valence-corrected chi connectivity index (χ2v) is 5.77. The van der Waals surface area contributed by atoms with Gasteiger partial charge >= 0.3 is 0 Å². The van der Waals surface area contributed by atoms with Gasteiger partial charge in [-0.3, -0.25) is 0 Å². The Morgan fingerprint density at radius 1 is 1.10 bits per heavy atom. The minimum absolute atomic E-state index is 0.929. The number of benzene rings is 2. The fourth-order valence-electron chi connectivity index (χ4n) is 2.23. The molecule has 0 saturated heterocycles. The predicted molar refractivity (Wildman–Crippen MR) is 91.7 cm³/mol. The second kappa shape index (κ2) is 7.34. The zero-order valence-corrected chi connectivity index (χ0v) is 13.7. The molecule has 2 aromatic carbocycles. The van der Waals surface area contributed by atoms with Crippen LogP contribution in [0, 0.1) is 6.92 Å². The van der Waals surface area contributed by atoms with Crippen molar-refractivity contribution in [1.82, 2.24) is 0 Å². The van der Waals surface area contributed by atoms with E-state index in [1.54, 1.807) is 0 Å². The number of likely N-dealkylation sites (N-methyl/N-ethyl adjacent to an activating group) is 1. The SMILES string of the molecule is CCN(CCNc1cccc(Br)c1)c1cccc(C)c1. The summed E-state index contributed by atoms with van der Waals surface area (Å²) in [6.45, 7) is 7.27. The molecule has 2 aromatic rings. The molecule has 0 amide bonds. The van der Waals surface area contributed by atoms with Crippen LogP contribution in [-0.2, 0) is 0 Å². The van der Waals surface area contributed by atoms with E-state index < -0.39 is 0 Å². The fraction of sp³-hybridized carbons (Fsp3) is 0.294. The first-order valence-electron chi connectivity index (χ1n) is 7.00.